The number of amides is 2. The van der Waals surface area contributed by atoms with Gasteiger partial charge in [-0.1, -0.05) is 12.1 Å². The summed E-state index contributed by atoms with van der Waals surface area (Å²) in [6.07, 6.45) is 4.30. The molecule has 3 aromatic rings. The minimum Gasteiger partial charge on any atom is -0.497 e. The number of aromatic nitrogens is 2. The van der Waals surface area contributed by atoms with Gasteiger partial charge in [0.2, 0.25) is 0 Å². The lowest BCUT2D eigenvalue weighted by atomic mass is 10.1. The second-order valence-electron chi connectivity index (χ2n) is 5.98. The number of pyridine rings is 1. The Morgan fingerprint density at radius 2 is 2.00 bits per heavy atom. The molecular formula is C20H22N4O2S. The first-order valence-corrected chi connectivity index (χ1v) is 9.48. The van der Waals surface area contributed by atoms with Crippen LogP contribution in [0.2, 0.25) is 0 Å². The van der Waals surface area contributed by atoms with Crippen molar-refractivity contribution in [2.24, 2.45) is 0 Å². The minimum absolute atomic E-state index is 0.181. The van der Waals surface area contributed by atoms with Crippen LogP contribution in [-0.2, 0) is 13.0 Å². The highest BCUT2D eigenvalue weighted by Gasteiger charge is 2.10. The fourth-order valence-corrected chi connectivity index (χ4v) is 3.53. The van der Waals surface area contributed by atoms with Gasteiger partial charge in [0.15, 0.2) is 0 Å². The van der Waals surface area contributed by atoms with Crippen molar-refractivity contribution < 1.29 is 9.53 Å². The number of carbonyl (C=O) groups is 1. The zero-order valence-corrected chi connectivity index (χ0v) is 16.2. The van der Waals surface area contributed by atoms with Gasteiger partial charge in [-0.05, 0) is 43.2 Å². The highest BCUT2D eigenvalue weighted by Crippen LogP contribution is 2.27. The Morgan fingerprint density at radius 3 is 2.70 bits per heavy atom. The van der Waals surface area contributed by atoms with E-state index in [0.717, 1.165) is 38.9 Å². The van der Waals surface area contributed by atoms with Gasteiger partial charge in [-0.15, -0.1) is 11.3 Å². The second-order valence-corrected chi connectivity index (χ2v) is 7.06. The SMILES string of the molecule is COc1ccc(CCNC(=O)NCc2sc(-c3cccnc3)nc2C)cc1. The summed E-state index contributed by atoms with van der Waals surface area (Å²) in [6, 6.07) is 11.5. The van der Waals surface area contributed by atoms with Gasteiger partial charge in [-0.25, -0.2) is 9.78 Å². The summed E-state index contributed by atoms with van der Waals surface area (Å²) in [4.78, 5) is 21.8. The lowest BCUT2D eigenvalue weighted by Gasteiger charge is -2.07. The first kappa shape index (κ1) is 18.8. The first-order valence-electron chi connectivity index (χ1n) is 8.67. The van der Waals surface area contributed by atoms with E-state index in [0.29, 0.717) is 13.1 Å². The Kier molecular flexibility index (Phi) is 6.38. The molecular weight excluding hydrogens is 360 g/mol. The lowest BCUT2D eigenvalue weighted by Crippen LogP contribution is -2.36. The van der Waals surface area contributed by atoms with Crippen LogP contribution in [0.5, 0.6) is 5.75 Å². The molecule has 0 fully saturated rings. The molecule has 0 saturated carbocycles. The zero-order chi connectivity index (χ0) is 19.1. The van der Waals surface area contributed by atoms with Crippen LogP contribution in [0.3, 0.4) is 0 Å². The number of hydrogen-bond acceptors (Lipinski definition) is 5. The van der Waals surface area contributed by atoms with E-state index in [1.807, 2.05) is 43.3 Å². The third kappa shape index (κ3) is 5.27. The number of carbonyl (C=O) groups excluding carboxylic acids is 1. The van der Waals surface area contributed by atoms with E-state index in [4.69, 9.17) is 4.74 Å². The number of benzene rings is 1. The van der Waals surface area contributed by atoms with Crippen molar-refractivity contribution >= 4 is 17.4 Å². The van der Waals surface area contributed by atoms with Crippen LogP contribution in [0.15, 0.2) is 48.8 Å². The largest absolute Gasteiger partial charge is 0.497 e. The standard InChI is InChI=1S/C20H22N4O2S/c1-14-18(27-19(24-14)16-4-3-10-21-12-16)13-23-20(25)22-11-9-15-5-7-17(26-2)8-6-15/h3-8,10,12H,9,11,13H2,1-2H3,(H2,22,23,25). The maximum Gasteiger partial charge on any atom is 0.315 e. The van der Waals surface area contributed by atoms with Crippen molar-refractivity contribution in [3.05, 3.63) is 64.9 Å². The Balaban J connectivity index is 1.45. The van der Waals surface area contributed by atoms with E-state index in [9.17, 15) is 4.79 Å². The van der Waals surface area contributed by atoms with Crippen molar-refractivity contribution in [3.8, 4) is 16.3 Å². The van der Waals surface area contributed by atoms with E-state index < -0.39 is 0 Å². The lowest BCUT2D eigenvalue weighted by molar-refractivity contribution is 0.240. The Morgan fingerprint density at radius 1 is 1.19 bits per heavy atom. The monoisotopic (exact) mass is 382 g/mol. The molecule has 6 nitrogen and oxygen atoms in total. The number of nitrogens with zero attached hydrogens (tertiary/aromatic N) is 2. The average molecular weight is 382 g/mol. The smallest absolute Gasteiger partial charge is 0.315 e. The van der Waals surface area contributed by atoms with Crippen LogP contribution in [0.25, 0.3) is 10.6 Å². The number of urea groups is 1. The second kappa shape index (κ2) is 9.14. The summed E-state index contributed by atoms with van der Waals surface area (Å²) in [7, 11) is 1.64. The summed E-state index contributed by atoms with van der Waals surface area (Å²) >= 11 is 1.57. The van der Waals surface area contributed by atoms with Gasteiger partial charge in [-0.2, -0.15) is 0 Å². The predicted octanol–water partition coefficient (Wildman–Crippen LogP) is 3.56. The molecule has 0 bridgehead atoms. The molecule has 2 amide bonds. The summed E-state index contributed by atoms with van der Waals surface area (Å²) < 4.78 is 5.14. The van der Waals surface area contributed by atoms with E-state index in [-0.39, 0.29) is 6.03 Å². The number of thiazole rings is 1. The van der Waals surface area contributed by atoms with Crippen LogP contribution in [0.1, 0.15) is 16.1 Å². The van der Waals surface area contributed by atoms with Gasteiger partial charge in [0.1, 0.15) is 10.8 Å². The fraction of sp³-hybridized carbons (Fsp3) is 0.250. The number of hydrogen-bond donors (Lipinski definition) is 2. The highest BCUT2D eigenvalue weighted by atomic mass is 32.1. The predicted molar refractivity (Wildman–Crippen MR) is 107 cm³/mol. The van der Waals surface area contributed by atoms with E-state index in [1.165, 1.54) is 0 Å². The summed E-state index contributed by atoms with van der Waals surface area (Å²) in [5, 5.41) is 6.69. The highest BCUT2D eigenvalue weighted by molar-refractivity contribution is 7.15. The van der Waals surface area contributed by atoms with Crippen LogP contribution in [-0.4, -0.2) is 29.7 Å². The maximum absolute atomic E-state index is 12.0. The van der Waals surface area contributed by atoms with Crippen molar-refractivity contribution in [2.45, 2.75) is 19.9 Å². The quantitative estimate of drug-likeness (QED) is 0.655. The molecule has 3 rings (SSSR count). The van der Waals surface area contributed by atoms with Crippen LogP contribution in [0.4, 0.5) is 4.79 Å². The van der Waals surface area contributed by atoms with E-state index >= 15 is 0 Å². The molecule has 1 aromatic carbocycles. The van der Waals surface area contributed by atoms with Crippen LogP contribution in [0, 0.1) is 6.92 Å². The van der Waals surface area contributed by atoms with Crippen molar-refractivity contribution in [1.29, 1.82) is 0 Å². The Bertz CT molecular complexity index is 879. The third-order valence-corrected chi connectivity index (χ3v) is 5.28. The maximum atomic E-state index is 12.0. The molecule has 0 aliphatic heterocycles. The summed E-state index contributed by atoms with van der Waals surface area (Å²) in [5.41, 5.74) is 3.06. The molecule has 2 aromatic heterocycles. The molecule has 0 radical (unpaired) electrons. The molecule has 2 N–H and O–H groups in total. The van der Waals surface area contributed by atoms with Gasteiger partial charge in [0.05, 0.1) is 19.3 Å². The minimum atomic E-state index is -0.181. The molecule has 0 unspecified atom stereocenters. The molecule has 0 saturated heterocycles. The summed E-state index contributed by atoms with van der Waals surface area (Å²) in [5.74, 6) is 0.829. The van der Waals surface area contributed by atoms with Crippen molar-refractivity contribution in [3.63, 3.8) is 0 Å². The van der Waals surface area contributed by atoms with Gasteiger partial charge < -0.3 is 15.4 Å². The van der Waals surface area contributed by atoms with Gasteiger partial charge in [0.25, 0.3) is 0 Å². The van der Waals surface area contributed by atoms with Gasteiger partial charge in [0, 0.05) is 29.4 Å². The summed E-state index contributed by atoms with van der Waals surface area (Å²) in [6.45, 7) is 2.98. The third-order valence-electron chi connectivity index (χ3n) is 4.07. The van der Waals surface area contributed by atoms with E-state index in [1.54, 1.807) is 30.8 Å². The average Bonchev–Trinajstić information content (AvgIpc) is 3.08. The number of ether oxygens (including phenoxy) is 1. The van der Waals surface area contributed by atoms with Crippen molar-refractivity contribution in [1.82, 2.24) is 20.6 Å². The van der Waals surface area contributed by atoms with Crippen molar-refractivity contribution in [2.75, 3.05) is 13.7 Å². The normalized spacial score (nSPS) is 10.4. The van der Waals surface area contributed by atoms with Crippen LogP contribution >= 0.6 is 11.3 Å². The number of methoxy groups -OCH3 is 1. The number of nitrogens with one attached hydrogen (secondary N) is 2. The molecule has 0 spiro atoms. The van der Waals surface area contributed by atoms with Gasteiger partial charge >= 0.3 is 6.03 Å². The molecule has 0 atom stereocenters. The number of aryl methyl sites for hydroxylation is 1. The molecule has 0 aliphatic carbocycles. The molecule has 27 heavy (non-hydrogen) atoms. The molecule has 7 heteroatoms. The molecule has 140 valence electrons. The Hall–Kier alpha value is -2.93. The van der Waals surface area contributed by atoms with Crippen LogP contribution < -0.4 is 15.4 Å². The molecule has 0 aliphatic rings. The van der Waals surface area contributed by atoms with Gasteiger partial charge in [-0.3, -0.25) is 4.98 Å². The first-order chi connectivity index (χ1) is 13.2. The zero-order valence-electron chi connectivity index (χ0n) is 15.4. The fourth-order valence-electron chi connectivity index (χ4n) is 2.54. The topological polar surface area (TPSA) is 76.1 Å². The molecule has 2 heterocycles. The van der Waals surface area contributed by atoms with E-state index in [2.05, 4.69) is 20.6 Å². The number of rotatable bonds is 7. The Labute approximate surface area is 162 Å².